The molecule has 106 valence electrons. The largest absolute Gasteiger partial charge is 0.394 e. The highest BCUT2D eigenvalue weighted by Crippen LogP contribution is 2.28. The number of hydrogen-bond acceptors (Lipinski definition) is 8. The SMILES string of the molecule is Cc1cn([C@@H]2O[C@H](CO)C(O)C2O)c(=O)nc1NN. The molecule has 9 heteroatoms. The number of aliphatic hydroxyl groups is 3. The van der Waals surface area contributed by atoms with Gasteiger partial charge in [-0.05, 0) is 6.92 Å². The van der Waals surface area contributed by atoms with Crippen molar-refractivity contribution >= 4 is 5.82 Å². The molecule has 1 fully saturated rings. The minimum atomic E-state index is -1.33. The van der Waals surface area contributed by atoms with Crippen molar-refractivity contribution in [2.45, 2.75) is 31.5 Å². The zero-order valence-electron chi connectivity index (χ0n) is 10.2. The van der Waals surface area contributed by atoms with Crippen molar-refractivity contribution in [3.05, 3.63) is 22.2 Å². The van der Waals surface area contributed by atoms with Crippen LogP contribution < -0.4 is 17.0 Å². The number of anilines is 1. The first-order valence-corrected chi connectivity index (χ1v) is 5.68. The van der Waals surface area contributed by atoms with E-state index in [-0.39, 0.29) is 5.82 Å². The van der Waals surface area contributed by atoms with Gasteiger partial charge >= 0.3 is 5.69 Å². The smallest absolute Gasteiger partial charge is 0.351 e. The number of nitrogens with two attached hydrogens (primary N) is 1. The van der Waals surface area contributed by atoms with Crippen LogP contribution in [-0.4, -0.2) is 49.8 Å². The maximum absolute atomic E-state index is 11.8. The molecule has 6 N–H and O–H groups in total. The molecule has 2 unspecified atom stereocenters. The summed E-state index contributed by atoms with van der Waals surface area (Å²) in [6, 6.07) is 0. The van der Waals surface area contributed by atoms with Crippen LogP contribution in [0.5, 0.6) is 0 Å². The summed E-state index contributed by atoms with van der Waals surface area (Å²) < 4.78 is 6.31. The number of aryl methyl sites for hydroxylation is 1. The lowest BCUT2D eigenvalue weighted by Crippen LogP contribution is -2.36. The van der Waals surface area contributed by atoms with Gasteiger partial charge in [-0.1, -0.05) is 0 Å². The molecule has 1 saturated heterocycles. The van der Waals surface area contributed by atoms with Gasteiger partial charge in [-0.25, -0.2) is 10.6 Å². The summed E-state index contributed by atoms with van der Waals surface area (Å²) in [5.74, 6) is 5.42. The average molecular weight is 272 g/mol. The van der Waals surface area contributed by atoms with Crippen molar-refractivity contribution in [2.24, 2.45) is 5.84 Å². The Kier molecular flexibility index (Phi) is 3.83. The lowest BCUT2D eigenvalue weighted by atomic mass is 10.1. The number of hydrazine groups is 1. The van der Waals surface area contributed by atoms with Gasteiger partial charge in [0.2, 0.25) is 0 Å². The third-order valence-corrected chi connectivity index (χ3v) is 3.06. The molecule has 0 aliphatic carbocycles. The third-order valence-electron chi connectivity index (χ3n) is 3.06. The summed E-state index contributed by atoms with van der Waals surface area (Å²) in [6.45, 7) is 1.21. The molecule has 19 heavy (non-hydrogen) atoms. The topological polar surface area (TPSA) is 143 Å². The number of ether oxygens (including phenoxy) is 1. The maximum Gasteiger partial charge on any atom is 0.351 e. The van der Waals surface area contributed by atoms with E-state index in [1.807, 2.05) is 0 Å². The predicted molar refractivity (Wildman–Crippen MR) is 64.1 cm³/mol. The van der Waals surface area contributed by atoms with Gasteiger partial charge < -0.3 is 25.5 Å². The molecule has 2 rings (SSSR count). The highest BCUT2D eigenvalue weighted by atomic mass is 16.6. The Morgan fingerprint density at radius 2 is 2.21 bits per heavy atom. The van der Waals surface area contributed by atoms with Gasteiger partial charge in [-0.3, -0.25) is 4.57 Å². The molecular formula is C10H16N4O5. The quantitative estimate of drug-likeness (QED) is 0.299. The van der Waals surface area contributed by atoms with E-state index in [1.54, 1.807) is 6.92 Å². The van der Waals surface area contributed by atoms with Crippen LogP contribution in [0, 0.1) is 6.92 Å². The van der Waals surface area contributed by atoms with Gasteiger partial charge in [0.1, 0.15) is 24.1 Å². The van der Waals surface area contributed by atoms with Crippen molar-refractivity contribution < 1.29 is 20.1 Å². The van der Waals surface area contributed by atoms with E-state index in [9.17, 15) is 15.0 Å². The minimum absolute atomic E-state index is 0.216. The maximum atomic E-state index is 11.8. The Bertz CT molecular complexity index is 519. The fraction of sp³-hybridized carbons (Fsp3) is 0.600. The van der Waals surface area contributed by atoms with E-state index in [1.165, 1.54) is 6.20 Å². The second kappa shape index (κ2) is 5.23. The number of aromatic nitrogens is 2. The van der Waals surface area contributed by atoms with Crippen molar-refractivity contribution in [1.82, 2.24) is 9.55 Å². The number of nitrogens with zero attached hydrogens (tertiary/aromatic N) is 2. The van der Waals surface area contributed by atoms with Gasteiger partial charge in [0.15, 0.2) is 6.23 Å². The summed E-state index contributed by atoms with van der Waals surface area (Å²) in [5, 5.41) is 28.5. The predicted octanol–water partition coefficient (Wildman–Crippen LogP) is -2.55. The average Bonchev–Trinajstić information content (AvgIpc) is 2.68. The number of hydrogen-bond donors (Lipinski definition) is 5. The normalized spacial score (nSPS) is 30.6. The Hall–Kier alpha value is -1.52. The van der Waals surface area contributed by atoms with Crippen LogP contribution in [0.25, 0.3) is 0 Å². The van der Waals surface area contributed by atoms with E-state index in [0.717, 1.165) is 4.57 Å². The number of nitrogens with one attached hydrogen (secondary N) is 1. The van der Waals surface area contributed by atoms with Gasteiger partial charge in [-0.15, -0.1) is 0 Å². The van der Waals surface area contributed by atoms with Crippen molar-refractivity contribution in [2.75, 3.05) is 12.0 Å². The minimum Gasteiger partial charge on any atom is -0.394 e. The van der Waals surface area contributed by atoms with Crippen LogP contribution in [0.1, 0.15) is 11.8 Å². The molecule has 0 saturated carbocycles. The molecule has 9 nitrogen and oxygen atoms in total. The molecule has 1 aliphatic rings. The van der Waals surface area contributed by atoms with Crippen LogP contribution in [0.2, 0.25) is 0 Å². The zero-order valence-corrected chi connectivity index (χ0v) is 10.2. The summed E-state index contributed by atoms with van der Waals surface area (Å²) in [5.41, 5.74) is 2.16. The number of nitrogen functional groups attached to an aromatic ring is 1. The first-order valence-electron chi connectivity index (χ1n) is 5.68. The molecule has 1 aromatic heterocycles. The van der Waals surface area contributed by atoms with Gasteiger partial charge in [0.25, 0.3) is 0 Å². The van der Waals surface area contributed by atoms with Crippen LogP contribution in [0.15, 0.2) is 11.0 Å². The van der Waals surface area contributed by atoms with Crippen molar-refractivity contribution in [1.29, 1.82) is 0 Å². The summed E-state index contributed by atoms with van der Waals surface area (Å²) >= 11 is 0. The Labute approximate surface area is 108 Å². The van der Waals surface area contributed by atoms with E-state index in [4.69, 9.17) is 15.7 Å². The highest BCUT2D eigenvalue weighted by molar-refractivity contribution is 5.39. The lowest BCUT2D eigenvalue weighted by molar-refractivity contribution is -0.0550. The second-order valence-corrected chi connectivity index (χ2v) is 4.34. The van der Waals surface area contributed by atoms with E-state index in [2.05, 4.69) is 10.4 Å². The molecule has 0 amide bonds. The molecule has 1 aliphatic heterocycles. The Morgan fingerprint density at radius 1 is 1.53 bits per heavy atom. The molecule has 4 atom stereocenters. The first-order chi connectivity index (χ1) is 8.99. The molecule has 0 spiro atoms. The molecule has 1 aromatic rings. The van der Waals surface area contributed by atoms with Gasteiger partial charge in [-0.2, -0.15) is 4.98 Å². The van der Waals surface area contributed by atoms with Crippen LogP contribution in [0.4, 0.5) is 5.82 Å². The standard InChI is InChI=1S/C10H16N4O5/c1-4-2-14(10(18)12-8(4)13-11)9-7(17)6(16)5(3-15)19-9/h2,5-7,9,15-17H,3,11H2,1H3,(H,12,13,18)/t5-,6?,7?,9-/m1/s1. The third kappa shape index (κ3) is 2.33. The zero-order chi connectivity index (χ0) is 14.2. The van der Waals surface area contributed by atoms with E-state index >= 15 is 0 Å². The van der Waals surface area contributed by atoms with Gasteiger partial charge in [0, 0.05) is 11.8 Å². The molecule has 0 radical (unpaired) electrons. The summed E-state index contributed by atoms with van der Waals surface area (Å²) in [6.07, 6.45) is -3.23. The fourth-order valence-electron chi connectivity index (χ4n) is 2.00. The summed E-state index contributed by atoms with van der Waals surface area (Å²) in [4.78, 5) is 15.5. The van der Waals surface area contributed by atoms with Crippen LogP contribution >= 0.6 is 0 Å². The molecular weight excluding hydrogens is 256 g/mol. The molecule has 2 heterocycles. The number of rotatable bonds is 3. The van der Waals surface area contributed by atoms with Crippen molar-refractivity contribution in [3.8, 4) is 0 Å². The Balaban J connectivity index is 2.38. The lowest BCUT2D eigenvalue weighted by Gasteiger charge is -2.18. The second-order valence-electron chi connectivity index (χ2n) is 4.34. The highest BCUT2D eigenvalue weighted by Gasteiger charge is 2.43. The number of aliphatic hydroxyl groups excluding tert-OH is 3. The Morgan fingerprint density at radius 3 is 2.74 bits per heavy atom. The summed E-state index contributed by atoms with van der Waals surface area (Å²) in [7, 11) is 0. The molecule has 0 aromatic carbocycles. The van der Waals surface area contributed by atoms with Crippen LogP contribution in [-0.2, 0) is 4.74 Å². The molecule has 0 bridgehead atoms. The first kappa shape index (κ1) is 13.9. The van der Waals surface area contributed by atoms with E-state index in [0.29, 0.717) is 5.56 Å². The van der Waals surface area contributed by atoms with Gasteiger partial charge in [0.05, 0.1) is 6.61 Å². The fourth-order valence-corrected chi connectivity index (χ4v) is 2.00. The monoisotopic (exact) mass is 272 g/mol. The van der Waals surface area contributed by atoms with Crippen molar-refractivity contribution in [3.63, 3.8) is 0 Å². The van der Waals surface area contributed by atoms with Crippen LogP contribution in [0.3, 0.4) is 0 Å². The van der Waals surface area contributed by atoms with E-state index < -0.39 is 36.8 Å².